The maximum Gasteiger partial charge on any atom is 0.338 e. The lowest BCUT2D eigenvalue weighted by Gasteiger charge is -2.18. The summed E-state index contributed by atoms with van der Waals surface area (Å²) in [6.07, 6.45) is 0.347. The zero-order valence-electron chi connectivity index (χ0n) is 33.1. The van der Waals surface area contributed by atoms with Gasteiger partial charge in [-0.2, -0.15) is 0 Å². The topological polar surface area (TPSA) is 158 Å². The Hall–Kier alpha value is -6.51. The second-order valence-corrected chi connectivity index (χ2v) is 13.2. The molecule has 0 aliphatic rings. The lowest BCUT2D eigenvalue weighted by atomic mass is 10.1. The van der Waals surface area contributed by atoms with Crippen molar-refractivity contribution >= 4 is 52.5 Å². The number of halogens is 3. The normalized spacial score (nSPS) is 10.6. The van der Waals surface area contributed by atoms with Crippen molar-refractivity contribution in [1.82, 2.24) is 0 Å². The van der Waals surface area contributed by atoms with Crippen LogP contribution in [0.15, 0.2) is 92.5 Å². The molecule has 12 nitrogen and oxygen atoms in total. The number of carbonyl (C=O) groups excluding carboxylic acids is 6. The highest BCUT2D eigenvalue weighted by molar-refractivity contribution is 6.16. The van der Waals surface area contributed by atoms with Gasteiger partial charge in [-0.1, -0.05) is 56.1 Å². The Balaban J connectivity index is 1.39. The predicted molar refractivity (Wildman–Crippen MR) is 213 cm³/mol. The van der Waals surface area contributed by atoms with Crippen LogP contribution in [0, 0.1) is 17.5 Å². The number of unbranched alkanes of at least 4 members (excludes halogenated alkanes) is 3. The van der Waals surface area contributed by atoms with Gasteiger partial charge in [0, 0.05) is 19.3 Å². The Morgan fingerprint density at radius 2 is 0.700 bits per heavy atom. The van der Waals surface area contributed by atoms with E-state index in [4.69, 9.17) is 28.4 Å². The number of hydrogen-bond acceptors (Lipinski definition) is 12. The summed E-state index contributed by atoms with van der Waals surface area (Å²) >= 11 is 0. The largest absolute Gasteiger partial charge is 0.462 e. The fourth-order valence-corrected chi connectivity index (χ4v) is 5.05. The van der Waals surface area contributed by atoms with E-state index in [9.17, 15) is 41.9 Å². The molecule has 0 N–H and O–H groups in total. The van der Waals surface area contributed by atoms with Crippen LogP contribution in [0.4, 0.5) is 13.2 Å². The Morgan fingerprint density at radius 1 is 0.417 bits per heavy atom. The SMILES string of the molecule is C=C(C(=O)OCCCCC(=O)OCC(COC(=O)CCCCOC(=O)C(=C)c1ccc(F)cc1)OC(=O)CCCCOC(=O)C(=C)c1ccc(F)cc1)c1ccc(F)cc1. The number of carbonyl (C=O) groups is 6. The molecule has 3 rings (SSSR count). The van der Waals surface area contributed by atoms with Gasteiger partial charge < -0.3 is 28.4 Å². The number of ether oxygens (including phenoxy) is 6. The summed E-state index contributed by atoms with van der Waals surface area (Å²) in [7, 11) is 0. The Kier molecular flexibility index (Phi) is 20.6. The third kappa shape index (κ3) is 18.0. The minimum absolute atomic E-state index is 0.0154. The summed E-state index contributed by atoms with van der Waals surface area (Å²) in [6.45, 7) is 10.1. The molecule has 3 aromatic carbocycles. The van der Waals surface area contributed by atoms with Crippen LogP contribution in [0.3, 0.4) is 0 Å². The fourth-order valence-electron chi connectivity index (χ4n) is 5.05. The van der Waals surface area contributed by atoms with E-state index in [2.05, 4.69) is 19.7 Å². The highest BCUT2D eigenvalue weighted by Crippen LogP contribution is 2.18. The molecule has 0 unspecified atom stereocenters. The second-order valence-electron chi connectivity index (χ2n) is 13.2. The summed E-state index contributed by atoms with van der Waals surface area (Å²) < 4.78 is 71.0. The van der Waals surface area contributed by atoms with Gasteiger partial charge in [0.1, 0.15) is 30.7 Å². The second kappa shape index (κ2) is 25.8. The molecular weight excluding hydrogens is 789 g/mol. The quantitative estimate of drug-likeness (QED) is 0.0337. The maximum atomic E-state index is 13.2. The van der Waals surface area contributed by atoms with Gasteiger partial charge in [0.25, 0.3) is 0 Å². The molecule has 0 atom stereocenters. The summed E-state index contributed by atoms with van der Waals surface area (Å²) in [5.74, 6) is -5.45. The van der Waals surface area contributed by atoms with Crippen LogP contribution >= 0.6 is 0 Å². The molecule has 320 valence electrons. The Labute approximate surface area is 345 Å². The smallest absolute Gasteiger partial charge is 0.338 e. The van der Waals surface area contributed by atoms with Gasteiger partial charge in [0.2, 0.25) is 0 Å². The van der Waals surface area contributed by atoms with Crippen molar-refractivity contribution in [3.8, 4) is 0 Å². The highest BCUT2D eigenvalue weighted by Gasteiger charge is 2.20. The molecule has 0 bridgehead atoms. The number of rotatable bonds is 26. The minimum atomic E-state index is -1.15. The van der Waals surface area contributed by atoms with Gasteiger partial charge in [-0.05, 0) is 91.6 Å². The van der Waals surface area contributed by atoms with Crippen LogP contribution in [0.2, 0.25) is 0 Å². The lowest BCUT2D eigenvalue weighted by Crippen LogP contribution is -2.31. The van der Waals surface area contributed by atoms with Gasteiger partial charge in [0.15, 0.2) is 6.10 Å². The van der Waals surface area contributed by atoms with Crippen molar-refractivity contribution < 1.29 is 70.4 Å². The van der Waals surface area contributed by atoms with Crippen molar-refractivity contribution in [2.45, 2.75) is 63.9 Å². The first-order chi connectivity index (χ1) is 28.7. The third-order valence-electron chi connectivity index (χ3n) is 8.50. The molecule has 0 radical (unpaired) electrons. The van der Waals surface area contributed by atoms with Crippen LogP contribution in [0.5, 0.6) is 0 Å². The molecule has 0 saturated heterocycles. The van der Waals surface area contributed by atoms with Crippen molar-refractivity contribution in [2.24, 2.45) is 0 Å². The molecule has 60 heavy (non-hydrogen) atoms. The predicted octanol–water partition coefficient (Wildman–Crippen LogP) is 7.68. The highest BCUT2D eigenvalue weighted by atomic mass is 19.1. The van der Waals surface area contributed by atoms with Crippen LogP contribution in [-0.2, 0) is 57.2 Å². The van der Waals surface area contributed by atoms with E-state index in [-0.39, 0.29) is 81.5 Å². The average molecular weight is 837 g/mol. The summed E-state index contributed by atoms with van der Waals surface area (Å²) in [6, 6.07) is 15.6. The van der Waals surface area contributed by atoms with Gasteiger partial charge in [0.05, 0.1) is 36.5 Å². The average Bonchev–Trinajstić information content (AvgIpc) is 3.24. The first-order valence-corrected chi connectivity index (χ1v) is 19.1. The van der Waals surface area contributed by atoms with E-state index in [1.807, 2.05) is 0 Å². The third-order valence-corrected chi connectivity index (χ3v) is 8.50. The fraction of sp³-hybridized carbons (Fsp3) is 0.333. The molecule has 0 saturated carbocycles. The van der Waals surface area contributed by atoms with Gasteiger partial charge in [-0.25, -0.2) is 27.6 Å². The van der Waals surface area contributed by atoms with E-state index in [0.29, 0.717) is 29.5 Å². The lowest BCUT2D eigenvalue weighted by molar-refractivity contribution is -0.167. The molecule has 0 aliphatic carbocycles. The zero-order valence-corrected chi connectivity index (χ0v) is 33.1. The van der Waals surface area contributed by atoms with Gasteiger partial charge in [-0.3, -0.25) is 14.4 Å². The Bertz CT molecular complexity index is 1860. The zero-order chi connectivity index (χ0) is 43.9. The number of esters is 6. The van der Waals surface area contributed by atoms with E-state index in [1.54, 1.807) is 0 Å². The molecule has 3 aromatic rings. The Morgan fingerprint density at radius 3 is 1.00 bits per heavy atom. The van der Waals surface area contributed by atoms with Crippen molar-refractivity contribution in [3.05, 3.63) is 127 Å². The number of hydrogen-bond donors (Lipinski definition) is 0. The first kappa shape index (κ1) is 47.9. The van der Waals surface area contributed by atoms with Crippen LogP contribution < -0.4 is 0 Å². The van der Waals surface area contributed by atoms with Gasteiger partial charge in [-0.15, -0.1) is 0 Å². The molecule has 0 spiro atoms. The summed E-state index contributed by atoms with van der Waals surface area (Å²) in [5.41, 5.74) is 1.36. The minimum Gasteiger partial charge on any atom is -0.462 e. The molecule has 0 heterocycles. The molecule has 0 fully saturated rings. The molecule has 15 heteroatoms. The first-order valence-electron chi connectivity index (χ1n) is 19.1. The van der Waals surface area contributed by atoms with Crippen molar-refractivity contribution in [3.63, 3.8) is 0 Å². The van der Waals surface area contributed by atoms with Crippen LogP contribution in [0.1, 0.15) is 74.5 Å². The van der Waals surface area contributed by atoms with Crippen molar-refractivity contribution in [1.29, 1.82) is 0 Å². The molecular formula is C45H47F3O12. The monoisotopic (exact) mass is 836 g/mol. The van der Waals surface area contributed by atoms with Crippen molar-refractivity contribution in [2.75, 3.05) is 33.0 Å². The van der Waals surface area contributed by atoms with E-state index in [0.717, 1.165) is 0 Å². The summed E-state index contributed by atoms with van der Waals surface area (Å²) in [4.78, 5) is 74.4. The number of benzene rings is 3. The van der Waals surface area contributed by atoms with E-state index < -0.39 is 72.6 Å². The molecule has 0 aromatic heterocycles. The van der Waals surface area contributed by atoms with Gasteiger partial charge >= 0.3 is 35.8 Å². The van der Waals surface area contributed by atoms with Crippen LogP contribution in [0.25, 0.3) is 16.7 Å². The summed E-state index contributed by atoms with van der Waals surface area (Å²) in [5, 5.41) is 0. The molecule has 0 aliphatic heterocycles. The van der Waals surface area contributed by atoms with E-state index in [1.165, 1.54) is 72.8 Å². The maximum absolute atomic E-state index is 13.2. The van der Waals surface area contributed by atoms with Crippen LogP contribution in [-0.4, -0.2) is 75.0 Å². The standard InChI is InChI=1S/C45H47F3O12/c1-30(33-13-19-36(46)20-14-33)43(52)55-25-7-4-10-40(49)58-28-39(60-42(51)12-6-9-27-57-45(54)32(3)35-17-23-38(48)24-18-35)29-59-41(50)11-5-8-26-56-44(53)31(2)34-15-21-37(47)22-16-34/h13-24,39H,1-12,25-29H2. The molecule has 0 amide bonds. The van der Waals surface area contributed by atoms with E-state index >= 15 is 0 Å².